The first-order valence-electron chi connectivity index (χ1n) is 6.88. The molecule has 18 heavy (non-hydrogen) atoms. The van der Waals surface area contributed by atoms with E-state index < -0.39 is 0 Å². The van der Waals surface area contributed by atoms with Crippen molar-refractivity contribution in [1.82, 2.24) is 10.6 Å². The fraction of sp³-hybridized carbons (Fsp3) is 0.923. The Labute approximate surface area is 109 Å². The zero-order chi connectivity index (χ0) is 13.4. The Morgan fingerprint density at radius 3 is 2.94 bits per heavy atom. The molecule has 0 aromatic heterocycles. The SMILES string of the molecule is CCNC1COCC1C(=O)NCCCC(C)CO. The Hall–Kier alpha value is -0.650. The summed E-state index contributed by atoms with van der Waals surface area (Å²) in [4.78, 5) is 12.0. The van der Waals surface area contributed by atoms with Crippen molar-refractivity contribution in [2.24, 2.45) is 11.8 Å². The molecule has 1 saturated heterocycles. The van der Waals surface area contributed by atoms with Gasteiger partial charge in [0.15, 0.2) is 0 Å². The molecule has 0 aromatic carbocycles. The maximum absolute atomic E-state index is 12.0. The van der Waals surface area contributed by atoms with Crippen LogP contribution in [0.5, 0.6) is 0 Å². The van der Waals surface area contributed by atoms with Crippen LogP contribution in [0.2, 0.25) is 0 Å². The van der Waals surface area contributed by atoms with Crippen molar-refractivity contribution < 1.29 is 14.6 Å². The van der Waals surface area contributed by atoms with Crippen LogP contribution in [0.4, 0.5) is 0 Å². The van der Waals surface area contributed by atoms with Crippen molar-refractivity contribution >= 4 is 5.91 Å². The summed E-state index contributed by atoms with van der Waals surface area (Å²) in [6.45, 7) is 6.92. The van der Waals surface area contributed by atoms with Gasteiger partial charge >= 0.3 is 0 Å². The summed E-state index contributed by atoms with van der Waals surface area (Å²) in [5.41, 5.74) is 0. The smallest absolute Gasteiger partial charge is 0.227 e. The highest BCUT2D eigenvalue weighted by molar-refractivity contribution is 5.79. The molecule has 106 valence electrons. The van der Waals surface area contributed by atoms with Gasteiger partial charge in [-0.15, -0.1) is 0 Å². The minimum absolute atomic E-state index is 0.0692. The average Bonchev–Trinajstić information content (AvgIpc) is 2.82. The second-order valence-corrected chi connectivity index (χ2v) is 5.03. The van der Waals surface area contributed by atoms with E-state index in [4.69, 9.17) is 9.84 Å². The van der Waals surface area contributed by atoms with E-state index in [1.807, 2.05) is 13.8 Å². The predicted octanol–water partition coefficient (Wildman–Crippen LogP) is 0.136. The van der Waals surface area contributed by atoms with Gasteiger partial charge in [0.1, 0.15) is 0 Å². The minimum Gasteiger partial charge on any atom is -0.396 e. The quantitative estimate of drug-likeness (QED) is 0.542. The van der Waals surface area contributed by atoms with Gasteiger partial charge in [-0.1, -0.05) is 13.8 Å². The van der Waals surface area contributed by atoms with E-state index in [-0.39, 0.29) is 24.5 Å². The Kier molecular flexibility index (Phi) is 7.23. The summed E-state index contributed by atoms with van der Waals surface area (Å²) in [5, 5.41) is 15.1. The van der Waals surface area contributed by atoms with Gasteiger partial charge in [-0.3, -0.25) is 4.79 Å². The molecule has 5 heteroatoms. The third-order valence-corrected chi connectivity index (χ3v) is 3.37. The van der Waals surface area contributed by atoms with Crippen molar-refractivity contribution in [2.75, 3.05) is 32.9 Å². The number of nitrogens with one attached hydrogen (secondary N) is 2. The summed E-state index contributed by atoms with van der Waals surface area (Å²) in [5.74, 6) is 0.321. The molecule has 1 amide bonds. The van der Waals surface area contributed by atoms with Crippen LogP contribution in [-0.2, 0) is 9.53 Å². The summed E-state index contributed by atoms with van der Waals surface area (Å²) in [6, 6.07) is 0.145. The molecule has 0 bridgehead atoms. The third-order valence-electron chi connectivity index (χ3n) is 3.37. The summed E-state index contributed by atoms with van der Waals surface area (Å²) < 4.78 is 5.35. The minimum atomic E-state index is -0.0692. The van der Waals surface area contributed by atoms with Crippen LogP contribution in [0.25, 0.3) is 0 Å². The standard InChI is InChI=1S/C13H26N2O3/c1-3-14-12-9-18-8-11(12)13(17)15-6-4-5-10(2)7-16/h10-12,14,16H,3-9H2,1-2H3,(H,15,17). The highest BCUT2D eigenvalue weighted by Gasteiger charge is 2.32. The lowest BCUT2D eigenvalue weighted by molar-refractivity contribution is -0.125. The van der Waals surface area contributed by atoms with Gasteiger partial charge in [-0.25, -0.2) is 0 Å². The molecule has 3 unspecified atom stereocenters. The Morgan fingerprint density at radius 1 is 1.50 bits per heavy atom. The van der Waals surface area contributed by atoms with E-state index in [0.717, 1.165) is 19.4 Å². The fourth-order valence-corrected chi connectivity index (χ4v) is 2.16. The largest absolute Gasteiger partial charge is 0.396 e. The van der Waals surface area contributed by atoms with Gasteiger partial charge in [-0.05, 0) is 25.3 Å². The summed E-state index contributed by atoms with van der Waals surface area (Å²) in [6.07, 6.45) is 1.85. The number of hydrogen-bond acceptors (Lipinski definition) is 4. The molecule has 0 aliphatic carbocycles. The Bertz CT molecular complexity index is 248. The molecule has 1 heterocycles. The van der Waals surface area contributed by atoms with Crippen LogP contribution in [0, 0.1) is 11.8 Å². The lowest BCUT2D eigenvalue weighted by atomic mass is 10.0. The van der Waals surface area contributed by atoms with E-state index in [1.165, 1.54) is 0 Å². The number of likely N-dealkylation sites (N-methyl/N-ethyl adjacent to an activating group) is 1. The first-order valence-corrected chi connectivity index (χ1v) is 6.88. The van der Waals surface area contributed by atoms with E-state index in [2.05, 4.69) is 10.6 Å². The molecule has 1 aliphatic rings. The number of rotatable bonds is 8. The average molecular weight is 258 g/mol. The predicted molar refractivity (Wildman–Crippen MR) is 70.3 cm³/mol. The number of aliphatic hydroxyl groups is 1. The monoisotopic (exact) mass is 258 g/mol. The van der Waals surface area contributed by atoms with Crippen LogP contribution in [0.1, 0.15) is 26.7 Å². The van der Waals surface area contributed by atoms with Gasteiger partial charge in [-0.2, -0.15) is 0 Å². The van der Waals surface area contributed by atoms with Crippen molar-refractivity contribution in [2.45, 2.75) is 32.7 Å². The van der Waals surface area contributed by atoms with Crippen LogP contribution in [0.3, 0.4) is 0 Å². The van der Waals surface area contributed by atoms with Gasteiger partial charge in [0, 0.05) is 19.2 Å². The summed E-state index contributed by atoms with van der Waals surface area (Å²) in [7, 11) is 0. The van der Waals surface area contributed by atoms with E-state index >= 15 is 0 Å². The Balaban J connectivity index is 2.19. The summed E-state index contributed by atoms with van der Waals surface area (Å²) >= 11 is 0. The maximum atomic E-state index is 12.0. The number of carbonyl (C=O) groups excluding carboxylic acids is 1. The molecule has 0 aromatic rings. The topological polar surface area (TPSA) is 70.6 Å². The lowest BCUT2D eigenvalue weighted by Gasteiger charge is -2.18. The van der Waals surface area contributed by atoms with Gasteiger partial charge < -0.3 is 20.5 Å². The number of carbonyl (C=O) groups is 1. The zero-order valence-electron chi connectivity index (χ0n) is 11.4. The van der Waals surface area contributed by atoms with Crippen molar-refractivity contribution in [3.05, 3.63) is 0 Å². The first kappa shape index (κ1) is 15.4. The van der Waals surface area contributed by atoms with Crippen molar-refractivity contribution in [1.29, 1.82) is 0 Å². The molecule has 0 radical (unpaired) electrons. The highest BCUT2D eigenvalue weighted by Crippen LogP contribution is 2.13. The van der Waals surface area contributed by atoms with E-state index in [9.17, 15) is 4.79 Å². The first-order chi connectivity index (χ1) is 8.69. The number of amides is 1. The van der Waals surface area contributed by atoms with Gasteiger partial charge in [0.05, 0.1) is 19.1 Å². The number of ether oxygens (including phenoxy) is 1. The molecule has 1 fully saturated rings. The molecule has 1 rings (SSSR count). The lowest BCUT2D eigenvalue weighted by Crippen LogP contribution is -2.44. The van der Waals surface area contributed by atoms with Crippen LogP contribution >= 0.6 is 0 Å². The molecule has 3 atom stereocenters. The molecule has 0 spiro atoms. The number of aliphatic hydroxyl groups excluding tert-OH is 1. The zero-order valence-corrected chi connectivity index (χ0v) is 11.4. The normalized spacial score (nSPS) is 25.1. The van der Waals surface area contributed by atoms with Crippen molar-refractivity contribution in [3.8, 4) is 0 Å². The highest BCUT2D eigenvalue weighted by atomic mass is 16.5. The van der Waals surface area contributed by atoms with E-state index in [1.54, 1.807) is 0 Å². The van der Waals surface area contributed by atoms with Crippen LogP contribution in [-0.4, -0.2) is 50.0 Å². The van der Waals surface area contributed by atoms with Gasteiger partial charge in [0.2, 0.25) is 5.91 Å². The van der Waals surface area contributed by atoms with E-state index in [0.29, 0.717) is 25.7 Å². The Morgan fingerprint density at radius 2 is 2.28 bits per heavy atom. The number of hydrogen-bond donors (Lipinski definition) is 3. The molecule has 0 saturated carbocycles. The molecule has 1 aliphatic heterocycles. The van der Waals surface area contributed by atoms with Gasteiger partial charge in [0.25, 0.3) is 0 Å². The molecule has 5 nitrogen and oxygen atoms in total. The second kappa shape index (κ2) is 8.45. The second-order valence-electron chi connectivity index (χ2n) is 5.03. The maximum Gasteiger partial charge on any atom is 0.227 e. The van der Waals surface area contributed by atoms with Crippen LogP contribution in [0.15, 0.2) is 0 Å². The molecular weight excluding hydrogens is 232 g/mol. The molecule has 3 N–H and O–H groups in total. The third kappa shape index (κ3) is 4.92. The van der Waals surface area contributed by atoms with Crippen molar-refractivity contribution in [3.63, 3.8) is 0 Å². The fourth-order valence-electron chi connectivity index (χ4n) is 2.16. The molecular formula is C13H26N2O3. The van der Waals surface area contributed by atoms with Crippen LogP contribution < -0.4 is 10.6 Å².